The number of carbonyl (C=O) groups is 2. The van der Waals surface area contributed by atoms with E-state index in [9.17, 15) is 9.59 Å². The number of imide groups is 1. The summed E-state index contributed by atoms with van der Waals surface area (Å²) in [7, 11) is 0. The van der Waals surface area contributed by atoms with Gasteiger partial charge in [0.25, 0.3) is 5.91 Å². The summed E-state index contributed by atoms with van der Waals surface area (Å²) in [6, 6.07) is 16.4. The maximum absolute atomic E-state index is 12.5. The minimum absolute atomic E-state index is 0.169. The number of carbonyl (C=O) groups excluding carboxylic acids is 2. The van der Waals surface area contributed by atoms with Gasteiger partial charge >= 0.3 is 6.03 Å². The molecule has 3 amide bonds. The van der Waals surface area contributed by atoms with Crippen molar-refractivity contribution in [2.75, 3.05) is 12.0 Å². The average Bonchev–Trinajstić information content (AvgIpc) is 2.88. The summed E-state index contributed by atoms with van der Waals surface area (Å²) >= 11 is 0. The van der Waals surface area contributed by atoms with Crippen LogP contribution < -0.4 is 16.6 Å². The molecule has 0 radical (unpaired) electrons. The van der Waals surface area contributed by atoms with Crippen molar-refractivity contribution in [3.63, 3.8) is 0 Å². The summed E-state index contributed by atoms with van der Waals surface area (Å²) in [5, 5.41) is 2.76. The molecule has 2 aromatic carbocycles. The average molecular weight is 324 g/mol. The maximum atomic E-state index is 12.5. The van der Waals surface area contributed by atoms with Crippen molar-refractivity contribution in [2.45, 2.75) is 18.9 Å². The highest BCUT2D eigenvalue weighted by atomic mass is 16.2. The summed E-state index contributed by atoms with van der Waals surface area (Å²) in [5.74, 6) is 5.17. The Morgan fingerprint density at radius 2 is 1.71 bits per heavy atom. The number of benzene rings is 2. The number of anilines is 1. The molecular formula is C18H20N4O2. The zero-order valence-electron chi connectivity index (χ0n) is 13.2. The third-order valence-electron chi connectivity index (χ3n) is 4.13. The number of nitrogens with two attached hydrogens (primary N) is 1. The van der Waals surface area contributed by atoms with Crippen LogP contribution in [0.3, 0.4) is 0 Å². The Balaban J connectivity index is 1.60. The largest absolute Gasteiger partial charge is 0.325 e. The molecule has 2 aromatic rings. The molecule has 0 spiro atoms. The number of hydrazine groups is 1. The van der Waals surface area contributed by atoms with Gasteiger partial charge in [-0.05, 0) is 29.7 Å². The molecule has 3 rings (SSSR count). The number of nitrogens with zero attached hydrogens (tertiary/aromatic N) is 1. The van der Waals surface area contributed by atoms with Crippen molar-refractivity contribution >= 4 is 17.6 Å². The summed E-state index contributed by atoms with van der Waals surface area (Å²) in [4.78, 5) is 25.8. The van der Waals surface area contributed by atoms with Gasteiger partial charge in [-0.1, -0.05) is 42.5 Å². The van der Waals surface area contributed by atoms with E-state index in [-0.39, 0.29) is 11.9 Å². The molecule has 124 valence electrons. The molecule has 6 nitrogen and oxygen atoms in total. The van der Waals surface area contributed by atoms with Crippen LogP contribution in [0.4, 0.5) is 10.5 Å². The van der Waals surface area contributed by atoms with Gasteiger partial charge in [0.15, 0.2) is 0 Å². The topological polar surface area (TPSA) is 87.5 Å². The lowest BCUT2D eigenvalue weighted by Crippen LogP contribution is -2.33. The second-order valence-corrected chi connectivity index (χ2v) is 5.77. The highest BCUT2D eigenvalue weighted by molar-refractivity contribution is 6.04. The first-order valence-corrected chi connectivity index (χ1v) is 7.89. The van der Waals surface area contributed by atoms with Gasteiger partial charge in [0, 0.05) is 18.7 Å². The van der Waals surface area contributed by atoms with Crippen LogP contribution in [-0.2, 0) is 17.6 Å². The molecule has 0 aromatic heterocycles. The Bertz CT molecular complexity index is 716. The molecule has 0 aliphatic carbocycles. The molecule has 1 heterocycles. The van der Waals surface area contributed by atoms with E-state index in [1.807, 2.05) is 54.6 Å². The van der Waals surface area contributed by atoms with Gasteiger partial charge in [-0.15, -0.1) is 0 Å². The van der Waals surface area contributed by atoms with E-state index in [2.05, 4.69) is 10.7 Å². The zero-order valence-corrected chi connectivity index (χ0v) is 13.2. The van der Waals surface area contributed by atoms with Crippen LogP contribution in [0, 0.1) is 0 Å². The zero-order chi connectivity index (χ0) is 16.9. The van der Waals surface area contributed by atoms with E-state index in [0.29, 0.717) is 19.4 Å². The van der Waals surface area contributed by atoms with Crippen molar-refractivity contribution in [2.24, 2.45) is 5.84 Å². The molecule has 0 bridgehead atoms. The van der Waals surface area contributed by atoms with Crippen molar-refractivity contribution in [1.82, 2.24) is 10.2 Å². The number of hydrogen-bond donors (Lipinski definition) is 3. The number of hydrogen-bond acceptors (Lipinski definition) is 4. The van der Waals surface area contributed by atoms with Gasteiger partial charge in [-0.2, -0.15) is 0 Å². The fraction of sp³-hybridized carbons (Fsp3) is 0.222. The molecular weight excluding hydrogens is 304 g/mol. The Kier molecular flexibility index (Phi) is 4.77. The van der Waals surface area contributed by atoms with Crippen LogP contribution in [-0.4, -0.2) is 29.4 Å². The highest BCUT2D eigenvalue weighted by Gasteiger charge is 2.37. The Morgan fingerprint density at radius 3 is 2.38 bits per heavy atom. The van der Waals surface area contributed by atoms with E-state index in [4.69, 9.17) is 5.84 Å². The lowest BCUT2D eigenvalue weighted by Gasteiger charge is -2.13. The molecule has 4 N–H and O–H groups in total. The minimum Gasteiger partial charge on any atom is -0.325 e. The van der Waals surface area contributed by atoms with Gasteiger partial charge in [0.2, 0.25) is 0 Å². The quantitative estimate of drug-likeness (QED) is 0.428. The van der Waals surface area contributed by atoms with E-state index >= 15 is 0 Å². The summed E-state index contributed by atoms with van der Waals surface area (Å²) in [5.41, 5.74) is 5.43. The predicted octanol–water partition coefficient (Wildman–Crippen LogP) is 1.68. The van der Waals surface area contributed by atoms with Crippen molar-refractivity contribution in [1.29, 1.82) is 0 Å². The van der Waals surface area contributed by atoms with Crippen LogP contribution in [0.25, 0.3) is 0 Å². The molecule has 1 unspecified atom stereocenters. The monoisotopic (exact) mass is 324 g/mol. The Labute approximate surface area is 140 Å². The van der Waals surface area contributed by atoms with Gasteiger partial charge in [-0.3, -0.25) is 15.5 Å². The number of urea groups is 1. The second-order valence-electron chi connectivity index (χ2n) is 5.77. The SMILES string of the molecule is NNc1ccc(CC2NC(=O)N(CCc3ccccc3)C2=O)cc1. The fourth-order valence-corrected chi connectivity index (χ4v) is 2.79. The summed E-state index contributed by atoms with van der Waals surface area (Å²) < 4.78 is 0. The molecule has 1 saturated heterocycles. The third kappa shape index (κ3) is 3.55. The van der Waals surface area contributed by atoms with Gasteiger partial charge < -0.3 is 10.7 Å². The highest BCUT2D eigenvalue weighted by Crippen LogP contribution is 2.15. The van der Waals surface area contributed by atoms with Crippen molar-refractivity contribution in [3.8, 4) is 0 Å². The first-order valence-electron chi connectivity index (χ1n) is 7.89. The lowest BCUT2D eigenvalue weighted by atomic mass is 10.1. The summed E-state index contributed by atoms with van der Waals surface area (Å²) in [6.07, 6.45) is 1.13. The Morgan fingerprint density at radius 1 is 1.00 bits per heavy atom. The molecule has 1 aliphatic heterocycles. The normalized spacial score (nSPS) is 17.0. The molecule has 1 fully saturated rings. The van der Waals surface area contributed by atoms with E-state index in [0.717, 1.165) is 16.8 Å². The first kappa shape index (κ1) is 16.0. The van der Waals surface area contributed by atoms with Gasteiger partial charge in [0.1, 0.15) is 6.04 Å². The van der Waals surface area contributed by atoms with Gasteiger partial charge in [-0.25, -0.2) is 4.79 Å². The van der Waals surface area contributed by atoms with E-state index < -0.39 is 6.04 Å². The van der Waals surface area contributed by atoms with Crippen molar-refractivity contribution < 1.29 is 9.59 Å². The Hall–Kier alpha value is -2.86. The van der Waals surface area contributed by atoms with Gasteiger partial charge in [0.05, 0.1) is 0 Å². The number of rotatable bonds is 6. The van der Waals surface area contributed by atoms with Crippen LogP contribution in [0.15, 0.2) is 54.6 Å². The van der Waals surface area contributed by atoms with E-state index in [1.165, 1.54) is 4.90 Å². The van der Waals surface area contributed by atoms with Crippen LogP contribution in [0.5, 0.6) is 0 Å². The van der Waals surface area contributed by atoms with Crippen LogP contribution >= 0.6 is 0 Å². The fourth-order valence-electron chi connectivity index (χ4n) is 2.79. The number of nitrogen functional groups attached to an aromatic ring is 1. The molecule has 0 saturated carbocycles. The summed E-state index contributed by atoms with van der Waals surface area (Å²) in [6.45, 7) is 0.390. The molecule has 6 heteroatoms. The number of amides is 3. The van der Waals surface area contributed by atoms with E-state index in [1.54, 1.807) is 0 Å². The standard InChI is InChI=1S/C18H20N4O2/c19-21-15-8-6-14(7-9-15)12-16-17(23)22(18(24)20-16)11-10-13-4-2-1-3-5-13/h1-9,16,21H,10-12,19H2,(H,20,24). The first-order chi connectivity index (χ1) is 11.7. The van der Waals surface area contributed by atoms with Crippen molar-refractivity contribution in [3.05, 3.63) is 65.7 Å². The predicted molar refractivity (Wildman–Crippen MR) is 92.1 cm³/mol. The molecule has 1 aliphatic rings. The number of nitrogens with one attached hydrogen (secondary N) is 2. The second kappa shape index (κ2) is 7.14. The smallest absolute Gasteiger partial charge is 0.324 e. The lowest BCUT2D eigenvalue weighted by molar-refractivity contribution is -0.127. The third-order valence-corrected chi connectivity index (χ3v) is 4.13. The molecule has 1 atom stereocenters. The minimum atomic E-state index is -0.509. The van der Waals surface area contributed by atoms with Crippen LogP contribution in [0.2, 0.25) is 0 Å². The van der Waals surface area contributed by atoms with Crippen LogP contribution in [0.1, 0.15) is 11.1 Å². The maximum Gasteiger partial charge on any atom is 0.324 e. The molecule has 24 heavy (non-hydrogen) atoms.